The molecule has 0 unspecified atom stereocenters. The van der Waals surface area contributed by atoms with Gasteiger partial charge in [0, 0.05) is 225 Å². The first-order chi connectivity index (χ1) is 63.2. The van der Waals surface area contributed by atoms with Crippen molar-refractivity contribution in [2.45, 2.75) is 19.9 Å². The third-order valence-electron chi connectivity index (χ3n) is 23.2. The van der Waals surface area contributed by atoms with Crippen LogP contribution in [0.5, 0.6) is 23.0 Å². The summed E-state index contributed by atoms with van der Waals surface area (Å²) in [6.45, 7) is 21.6. The van der Waals surface area contributed by atoms with Crippen molar-refractivity contribution in [3.63, 3.8) is 0 Å². The molecule has 131 heavy (non-hydrogen) atoms. The smallest absolute Gasteiger partial charge is 0.342 e. The molecule has 10 aromatic heterocycles. The van der Waals surface area contributed by atoms with Crippen LogP contribution in [0.1, 0.15) is 12.5 Å². The molecule has 5 aliphatic heterocycles. The molecule has 15 heterocycles. The molecule has 0 radical (unpaired) electrons. The van der Waals surface area contributed by atoms with Crippen LogP contribution in [0, 0.1) is 29.3 Å². The number of aryl methyl sites for hydroxylation is 1. The Morgan fingerprint density at radius 3 is 1.15 bits per heavy atom. The zero-order valence-corrected chi connectivity index (χ0v) is 73.2. The van der Waals surface area contributed by atoms with Crippen LogP contribution < -0.4 is 103 Å². The van der Waals surface area contributed by atoms with Crippen molar-refractivity contribution < 1.29 is 42.6 Å². The quantitative estimate of drug-likeness (QED) is 0.0596. The van der Waals surface area contributed by atoms with Crippen molar-refractivity contribution in [3.8, 4) is 79.3 Å². The van der Waals surface area contributed by atoms with Gasteiger partial charge in [-0.25, -0.2) is 42.9 Å². The fourth-order valence-corrected chi connectivity index (χ4v) is 16.2. The number of halogens is 3. The molecular formula is C96H100F3N21O11. The first-order valence-corrected chi connectivity index (χ1v) is 42.9. The van der Waals surface area contributed by atoms with Crippen molar-refractivity contribution in [2.24, 2.45) is 5.18 Å². The van der Waals surface area contributed by atoms with Crippen LogP contribution >= 0.6 is 0 Å². The number of benzene rings is 5. The highest BCUT2D eigenvalue weighted by Crippen LogP contribution is 2.37. The molecule has 5 aromatic carbocycles. The third kappa shape index (κ3) is 21.2. The maximum absolute atomic E-state index is 14.6. The van der Waals surface area contributed by atoms with Gasteiger partial charge in [-0.2, -0.15) is 4.40 Å². The van der Waals surface area contributed by atoms with Crippen molar-refractivity contribution in [3.05, 3.63) is 299 Å². The highest BCUT2D eigenvalue weighted by Gasteiger charge is 2.24. The highest BCUT2D eigenvalue weighted by atomic mass is 19.1. The Balaban J connectivity index is 0.000000125. The maximum atomic E-state index is 14.6. The molecule has 0 saturated carbocycles. The Labute approximate surface area is 750 Å². The monoisotopic (exact) mass is 1780 g/mol. The molecule has 15 aromatic rings. The summed E-state index contributed by atoms with van der Waals surface area (Å²) in [7, 11) is 5.82. The summed E-state index contributed by atoms with van der Waals surface area (Å²) >= 11 is 0. The number of rotatable bonds is 15. The maximum Gasteiger partial charge on any atom is 0.342 e. The highest BCUT2D eigenvalue weighted by molar-refractivity contribution is 5.71. The van der Waals surface area contributed by atoms with Crippen molar-refractivity contribution in [2.75, 3.05) is 177 Å². The Morgan fingerprint density at radius 2 is 0.733 bits per heavy atom. The van der Waals surface area contributed by atoms with Crippen LogP contribution in [0.15, 0.2) is 248 Å². The molecule has 5 aliphatic rings. The van der Waals surface area contributed by atoms with E-state index in [9.17, 15) is 42.1 Å². The Morgan fingerprint density at radius 1 is 0.374 bits per heavy atom. The Kier molecular flexibility index (Phi) is 28.9. The summed E-state index contributed by atoms with van der Waals surface area (Å²) in [4.78, 5) is 106. The minimum absolute atomic E-state index is 0. The number of pyridine rings is 5. The number of anilines is 5. The van der Waals surface area contributed by atoms with E-state index in [0.29, 0.717) is 68.4 Å². The van der Waals surface area contributed by atoms with Crippen LogP contribution in [0.4, 0.5) is 47.3 Å². The van der Waals surface area contributed by atoms with Crippen LogP contribution in [-0.2, 0) is 0 Å². The van der Waals surface area contributed by atoms with E-state index in [2.05, 4.69) is 88.1 Å². The number of aromatic amines is 1. The van der Waals surface area contributed by atoms with E-state index in [1.54, 1.807) is 80.2 Å². The lowest BCUT2D eigenvalue weighted by Crippen LogP contribution is -2.49. The van der Waals surface area contributed by atoms with Crippen molar-refractivity contribution >= 4 is 62.4 Å². The van der Waals surface area contributed by atoms with Gasteiger partial charge in [-0.05, 0) is 110 Å². The molecule has 1 atom stereocenters. The summed E-state index contributed by atoms with van der Waals surface area (Å²) in [5.74, 6) is -0.118. The minimum Gasteiger partial charge on any atom is -0.870 e. The van der Waals surface area contributed by atoms with E-state index in [1.807, 2.05) is 104 Å². The van der Waals surface area contributed by atoms with Gasteiger partial charge in [0.05, 0.1) is 85.7 Å². The summed E-state index contributed by atoms with van der Waals surface area (Å²) in [6, 6.07) is 53.3. The van der Waals surface area contributed by atoms with Gasteiger partial charge in [0.25, 0.3) is 27.9 Å². The molecule has 5 saturated heterocycles. The van der Waals surface area contributed by atoms with Crippen molar-refractivity contribution in [1.82, 2.24) is 68.5 Å². The topological polar surface area (TPSA) is 346 Å². The standard InChI is InChI=1S/C21H23FN4O3.C20H21FN4O3.C19H20N4O.C18H17FN4O.C18H17N5O2.H2O/c1-13-11-25(7-6-23-13)14-4-5-20-24-17(10-21(27)26(20)12-14)15-8-18(28-2)19(29-3)9-16(15)22;1-27-17-9-14(15(21)10-18(17)28-2)16-11-20(26)25-12-13(3-4-19(25)23-16)24-7-5-22-6-8-24;1-14-2-4-15(5-3-14)17-12-19(24)23-13-16(6-7-18(23)21-17)22-10-8-20-9-11-22;19-14-3-1-2-13(10-14)16-11-18(24)23-12-15(4-5-17(23)21-16)22-8-6-20-7-9-22;24-18-11-16(13-2-1-3-14(10-13)21-25)20-17-5-4-15(12-23(17)18)22-8-6-19-7-9-22;/h4-5,8-10,12-13,23H,6-7,11H2,1-3H3;3-4,9-12,22H,5-8H2,1-2H3;2-7,12-13,20H,8-11H2,1H3;1-5,10-12,20H,6-9H2;1-5,10-12,19H,6-9H2;1H2/t13-;;;;;/m0...../s1. The van der Waals surface area contributed by atoms with E-state index in [-0.39, 0.29) is 73.1 Å². The van der Waals surface area contributed by atoms with Gasteiger partial charge in [-0.1, -0.05) is 54.1 Å². The number of hydrogen-bond acceptors (Lipinski definition) is 26. The molecular weight excluding hydrogens is 1680 g/mol. The van der Waals surface area contributed by atoms with Gasteiger partial charge in [-0.3, -0.25) is 36.8 Å². The number of nitrogens with zero attached hydrogens (tertiary/aromatic N) is 15. The average Bonchev–Trinajstić information content (AvgIpc) is 0.747. The summed E-state index contributed by atoms with van der Waals surface area (Å²) in [5, 5.41) is 19.6. The summed E-state index contributed by atoms with van der Waals surface area (Å²) in [6.07, 6.45) is 9.16. The molecule has 5 fully saturated rings. The second-order valence-electron chi connectivity index (χ2n) is 31.7. The van der Waals surface area contributed by atoms with Gasteiger partial charge < -0.3 is 75.5 Å². The number of nitrogens with one attached hydrogen (secondary N) is 6. The molecule has 676 valence electrons. The molecule has 0 aliphatic carbocycles. The number of nitroso groups, excluding NO2 is 1. The van der Waals surface area contributed by atoms with E-state index in [4.69, 9.17) is 18.9 Å². The number of H-pyrrole nitrogens is 1. The molecule has 0 spiro atoms. The predicted molar refractivity (Wildman–Crippen MR) is 501 cm³/mol. The molecule has 20 rings (SSSR count). The molecule has 0 bridgehead atoms. The Hall–Kier alpha value is -14.8. The summed E-state index contributed by atoms with van der Waals surface area (Å²) in [5.41, 5.74) is 13.5. The van der Waals surface area contributed by atoms with Gasteiger partial charge in [0.1, 0.15) is 57.6 Å². The third-order valence-corrected chi connectivity index (χ3v) is 23.2. The molecule has 7 N–H and O–H groups in total. The second-order valence-corrected chi connectivity index (χ2v) is 31.7. The van der Waals surface area contributed by atoms with E-state index < -0.39 is 11.6 Å². The number of ether oxygens (including phenoxy) is 4. The number of methoxy groups -OCH3 is 4. The zero-order valence-electron chi connectivity index (χ0n) is 73.2. The van der Waals surface area contributed by atoms with Crippen LogP contribution in [0.25, 0.3) is 84.5 Å². The predicted octanol–water partition coefficient (Wildman–Crippen LogP) is 9.64. The zero-order chi connectivity index (χ0) is 90.5. The SMILES string of the molecule is COc1cc(F)c(-c2cc(=O)n3cc(N4CCNCC4)ccc3n2)cc1OC.COc1cc(F)c(-c2cc(=O)n3cc(N4CCN[C@@H](C)C4)ccc3n2)cc1OC.Cc1ccc(-c2cc(=O)n3cc(N4CCNCC4)ccc3n2)cc1.O=Nc1cccc(-c2cc(=O)n3cc(N4CCNCC4)ccc3[nH+]2)c1.O=c1cc(-c2cccc(F)c2)nc2ccc(N3CCNCC3)cn12.[OH-]. The Bertz CT molecular complexity index is 6980. The first kappa shape index (κ1) is 91.0. The lowest BCUT2D eigenvalue weighted by molar-refractivity contribution is -0.337. The second kappa shape index (κ2) is 41.6. The van der Waals surface area contributed by atoms with Gasteiger partial charge in [-0.15, -0.1) is 4.91 Å². The number of aromatic nitrogens is 10. The lowest BCUT2D eigenvalue weighted by atomic mass is 10.1. The normalized spacial score (nSPS) is 15.1. The first-order valence-electron chi connectivity index (χ1n) is 42.9. The van der Waals surface area contributed by atoms with E-state index >= 15 is 0 Å². The summed E-state index contributed by atoms with van der Waals surface area (Å²) < 4.78 is 71.1. The largest absolute Gasteiger partial charge is 0.870 e. The number of fused-ring (bicyclic) bond motifs is 5. The molecule has 0 amide bonds. The molecule has 35 heteroatoms. The van der Waals surface area contributed by atoms with Crippen LogP contribution in [0.2, 0.25) is 0 Å². The van der Waals surface area contributed by atoms with Gasteiger partial charge >= 0.3 is 5.56 Å². The lowest BCUT2D eigenvalue weighted by Gasteiger charge is -2.33. The average molecular weight is 1780 g/mol. The fraction of sp³-hybridized carbons (Fsp3) is 0.271. The van der Waals surface area contributed by atoms with Gasteiger partial charge in [0.2, 0.25) is 0 Å². The fourth-order valence-electron chi connectivity index (χ4n) is 16.2. The number of piperazine rings is 5. The molecule has 32 nitrogen and oxygen atoms in total. The van der Waals surface area contributed by atoms with E-state index in [1.165, 1.54) is 97.4 Å². The number of hydrogen-bond donors (Lipinski definition) is 5. The minimum atomic E-state index is -0.537. The van der Waals surface area contributed by atoms with E-state index in [0.717, 1.165) is 170 Å². The van der Waals surface area contributed by atoms with Gasteiger partial charge in [0.15, 0.2) is 23.0 Å². The van der Waals surface area contributed by atoms with Crippen LogP contribution in [-0.4, -0.2) is 206 Å². The van der Waals surface area contributed by atoms with Crippen molar-refractivity contribution in [1.29, 1.82) is 0 Å². The van der Waals surface area contributed by atoms with Crippen LogP contribution in [0.3, 0.4) is 0 Å².